The van der Waals surface area contributed by atoms with Crippen molar-refractivity contribution in [3.8, 4) is 0 Å². The highest BCUT2D eigenvalue weighted by molar-refractivity contribution is 5.80. The lowest BCUT2D eigenvalue weighted by Crippen LogP contribution is -2.39. The van der Waals surface area contributed by atoms with Gasteiger partial charge in [0.25, 0.3) is 0 Å². The van der Waals surface area contributed by atoms with Crippen LogP contribution in [-0.2, 0) is 0 Å². The molecule has 1 saturated heterocycles. The number of aliphatic hydroxyl groups is 1. The van der Waals surface area contributed by atoms with Gasteiger partial charge in [-0.1, -0.05) is 18.2 Å². The standard InChI is InChI=1S/C16H21N3O/c20-11-10-19(12-14-5-3-9-17-14)16-8-7-13-4-1-2-6-15(13)18-16/h1-2,4,6-8,14,17,20H,3,5,9-12H2. The summed E-state index contributed by atoms with van der Waals surface area (Å²) in [7, 11) is 0. The Kier molecular flexibility index (Phi) is 4.14. The molecule has 106 valence electrons. The van der Waals surface area contributed by atoms with Crippen LogP contribution >= 0.6 is 0 Å². The van der Waals surface area contributed by atoms with E-state index in [1.807, 2.05) is 24.3 Å². The van der Waals surface area contributed by atoms with Gasteiger partial charge in [0.2, 0.25) is 0 Å². The van der Waals surface area contributed by atoms with Gasteiger partial charge >= 0.3 is 0 Å². The number of pyridine rings is 1. The van der Waals surface area contributed by atoms with E-state index in [1.165, 1.54) is 12.8 Å². The molecule has 1 fully saturated rings. The quantitative estimate of drug-likeness (QED) is 0.870. The fourth-order valence-electron chi connectivity index (χ4n) is 2.83. The molecule has 0 bridgehead atoms. The fraction of sp³-hybridized carbons (Fsp3) is 0.438. The molecule has 1 atom stereocenters. The summed E-state index contributed by atoms with van der Waals surface area (Å²) < 4.78 is 0. The summed E-state index contributed by atoms with van der Waals surface area (Å²) in [5, 5.41) is 13.9. The third kappa shape index (κ3) is 2.92. The molecule has 0 radical (unpaired) electrons. The van der Waals surface area contributed by atoms with Crippen LogP contribution in [0.3, 0.4) is 0 Å². The molecule has 0 spiro atoms. The zero-order valence-electron chi connectivity index (χ0n) is 11.6. The summed E-state index contributed by atoms with van der Waals surface area (Å²) in [5.41, 5.74) is 1.01. The maximum atomic E-state index is 9.30. The topological polar surface area (TPSA) is 48.4 Å². The van der Waals surface area contributed by atoms with Gasteiger partial charge < -0.3 is 15.3 Å². The number of benzene rings is 1. The Balaban J connectivity index is 1.83. The van der Waals surface area contributed by atoms with E-state index in [2.05, 4.69) is 22.3 Å². The largest absolute Gasteiger partial charge is 0.395 e. The molecule has 1 unspecified atom stereocenters. The first-order valence-corrected chi connectivity index (χ1v) is 7.32. The number of aromatic nitrogens is 1. The van der Waals surface area contributed by atoms with Crippen molar-refractivity contribution >= 4 is 16.7 Å². The van der Waals surface area contributed by atoms with Crippen LogP contribution in [0.4, 0.5) is 5.82 Å². The Morgan fingerprint density at radius 3 is 2.95 bits per heavy atom. The van der Waals surface area contributed by atoms with Crippen LogP contribution in [-0.4, -0.2) is 42.4 Å². The Labute approximate surface area is 119 Å². The van der Waals surface area contributed by atoms with Crippen LogP contribution < -0.4 is 10.2 Å². The molecule has 0 aliphatic carbocycles. The van der Waals surface area contributed by atoms with E-state index in [9.17, 15) is 5.11 Å². The Morgan fingerprint density at radius 1 is 1.25 bits per heavy atom. The number of nitrogens with one attached hydrogen (secondary N) is 1. The number of hydrogen-bond donors (Lipinski definition) is 2. The summed E-state index contributed by atoms with van der Waals surface area (Å²) in [6.45, 7) is 2.79. The normalized spacial score (nSPS) is 18.6. The molecule has 4 nitrogen and oxygen atoms in total. The van der Waals surface area contributed by atoms with Crippen LogP contribution in [0.25, 0.3) is 10.9 Å². The molecular formula is C16H21N3O. The number of nitrogens with zero attached hydrogens (tertiary/aromatic N) is 2. The van der Waals surface area contributed by atoms with Crippen molar-refractivity contribution < 1.29 is 5.11 Å². The third-order valence-electron chi connectivity index (χ3n) is 3.88. The molecule has 4 heteroatoms. The van der Waals surface area contributed by atoms with Gasteiger partial charge in [-0.3, -0.25) is 0 Å². The van der Waals surface area contributed by atoms with Gasteiger partial charge in [-0.2, -0.15) is 0 Å². The maximum Gasteiger partial charge on any atom is 0.129 e. The van der Waals surface area contributed by atoms with Crippen molar-refractivity contribution in [3.63, 3.8) is 0 Å². The predicted molar refractivity (Wildman–Crippen MR) is 82.1 cm³/mol. The minimum absolute atomic E-state index is 0.154. The first-order valence-electron chi connectivity index (χ1n) is 7.32. The first-order chi connectivity index (χ1) is 9.86. The van der Waals surface area contributed by atoms with Gasteiger partial charge in [0.15, 0.2) is 0 Å². The zero-order valence-corrected chi connectivity index (χ0v) is 11.6. The first kappa shape index (κ1) is 13.3. The van der Waals surface area contributed by atoms with Crippen molar-refractivity contribution in [1.82, 2.24) is 10.3 Å². The zero-order chi connectivity index (χ0) is 13.8. The lowest BCUT2D eigenvalue weighted by Gasteiger charge is -2.26. The van der Waals surface area contributed by atoms with Crippen LogP contribution in [0.2, 0.25) is 0 Å². The fourth-order valence-corrected chi connectivity index (χ4v) is 2.83. The summed E-state index contributed by atoms with van der Waals surface area (Å²) in [6.07, 6.45) is 2.44. The van der Waals surface area contributed by atoms with Gasteiger partial charge in [-0.25, -0.2) is 4.98 Å². The second-order valence-corrected chi connectivity index (χ2v) is 5.33. The van der Waals surface area contributed by atoms with E-state index in [-0.39, 0.29) is 6.61 Å². The molecule has 2 N–H and O–H groups in total. The lowest BCUT2D eigenvalue weighted by molar-refractivity contribution is 0.300. The van der Waals surface area contributed by atoms with Crippen molar-refractivity contribution in [2.75, 3.05) is 31.1 Å². The highest BCUT2D eigenvalue weighted by Gasteiger charge is 2.18. The van der Waals surface area contributed by atoms with Crippen molar-refractivity contribution in [3.05, 3.63) is 36.4 Å². The van der Waals surface area contributed by atoms with Gasteiger partial charge in [-0.05, 0) is 37.6 Å². The summed E-state index contributed by atoms with van der Waals surface area (Å²) in [6, 6.07) is 12.8. The van der Waals surface area contributed by atoms with Crippen molar-refractivity contribution in [2.24, 2.45) is 0 Å². The minimum atomic E-state index is 0.154. The Morgan fingerprint density at radius 2 is 2.15 bits per heavy atom. The molecule has 2 aromatic rings. The SMILES string of the molecule is OCCN(CC1CCCN1)c1ccc2ccccc2n1. The number of anilines is 1. The van der Waals surface area contributed by atoms with Crippen LogP contribution in [0.5, 0.6) is 0 Å². The molecular weight excluding hydrogens is 250 g/mol. The van der Waals surface area contributed by atoms with Crippen molar-refractivity contribution in [2.45, 2.75) is 18.9 Å². The number of fused-ring (bicyclic) bond motifs is 1. The molecule has 0 amide bonds. The smallest absolute Gasteiger partial charge is 0.129 e. The second kappa shape index (κ2) is 6.20. The molecule has 20 heavy (non-hydrogen) atoms. The Bertz CT molecular complexity index is 566. The van der Waals surface area contributed by atoms with E-state index in [0.29, 0.717) is 12.6 Å². The monoisotopic (exact) mass is 271 g/mol. The van der Waals surface area contributed by atoms with Gasteiger partial charge in [0, 0.05) is 24.5 Å². The average molecular weight is 271 g/mol. The van der Waals surface area contributed by atoms with E-state index >= 15 is 0 Å². The third-order valence-corrected chi connectivity index (χ3v) is 3.88. The second-order valence-electron chi connectivity index (χ2n) is 5.33. The number of rotatable bonds is 5. The highest BCUT2D eigenvalue weighted by atomic mass is 16.3. The lowest BCUT2D eigenvalue weighted by atomic mass is 10.2. The maximum absolute atomic E-state index is 9.30. The molecule has 3 rings (SSSR count). The van der Waals surface area contributed by atoms with Crippen LogP contribution in [0.15, 0.2) is 36.4 Å². The molecule has 2 heterocycles. The number of aliphatic hydroxyl groups excluding tert-OH is 1. The predicted octanol–water partition coefficient (Wildman–Crippen LogP) is 1.79. The van der Waals surface area contributed by atoms with Crippen LogP contribution in [0, 0.1) is 0 Å². The molecule has 0 saturated carbocycles. The molecule has 1 aromatic heterocycles. The van der Waals surface area contributed by atoms with Gasteiger partial charge in [0.05, 0.1) is 12.1 Å². The summed E-state index contributed by atoms with van der Waals surface area (Å²) >= 11 is 0. The molecule has 1 aliphatic heterocycles. The summed E-state index contributed by atoms with van der Waals surface area (Å²) in [5.74, 6) is 0.950. The number of hydrogen-bond acceptors (Lipinski definition) is 4. The molecule has 1 aromatic carbocycles. The van der Waals surface area contributed by atoms with Crippen LogP contribution in [0.1, 0.15) is 12.8 Å². The van der Waals surface area contributed by atoms with Crippen molar-refractivity contribution in [1.29, 1.82) is 0 Å². The van der Waals surface area contributed by atoms with E-state index in [4.69, 9.17) is 4.98 Å². The minimum Gasteiger partial charge on any atom is -0.395 e. The van der Waals surface area contributed by atoms with E-state index in [1.54, 1.807) is 0 Å². The van der Waals surface area contributed by atoms with Gasteiger partial charge in [-0.15, -0.1) is 0 Å². The molecule has 1 aliphatic rings. The Hall–Kier alpha value is -1.65. The van der Waals surface area contributed by atoms with E-state index < -0.39 is 0 Å². The van der Waals surface area contributed by atoms with Gasteiger partial charge in [0.1, 0.15) is 5.82 Å². The highest BCUT2D eigenvalue weighted by Crippen LogP contribution is 2.19. The summed E-state index contributed by atoms with van der Waals surface area (Å²) in [4.78, 5) is 6.90. The number of para-hydroxylation sites is 1. The average Bonchev–Trinajstić information content (AvgIpc) is 2.99. The van der Waals surface area contributed by atoms with E-state index in [0.717, 1.165) is 29.8 Å².